The van der Waals surface area contributed by atoms with E-state index >= 15 is 0 Å². The molecule has 6 heteroatoms. The second-order valence-corrected chi connectivity index (χ2v) is 4.45. The number of halogens is 2. The molecule has 0 bridgehead atoms. The van der Waals surface area contributed by atoms with Crippen LogP contribution in [0.25, 0.3) is 0 Å². The van der Waals surface area contributed by atoms with Crippen molar-refractivity contribution in [2.45, 2.75) is 6.54 Å². The Morgan fingerprint density at radius 2 is 2.28 bits per heavy atom. The average Bonchev–Trinajstić information content (AvgIpc) is 2.37. The lowest BCUT2D eigenvalue weighted by Crippen LogP contribution is -2.21. The van der Waals surface area contributed by atoms with Gasteiger partial charge in [-0.25, -0.2) is 9.37 Å². The monoisotopic (exact) mass is 307 g/mol. The molecular weight excluding hydrogens is 301 g/mol. The first-order chi connectivity index (χ1) is 8.61. The van der Waals surface area contributed by atoms with Gasteiger partial charge < -0.3 is 0 Å². The molecule has 0 radical (unpaired) electrons. The van der Waals surface area contributed by atoms with Gasteiger partial charge in [0.1, 0.15) is 16.4 Å². The van der Waals surface area contributed by atoms with Gasteiger partial charge in [0.15, 0.2) is 0 Å². The molecule has 0 fully saturated rings. The third-order valence-corrected chi connectivity index (χ3v) is 2.91. The third kappa shape index (κ3) is 2.46. The summed E-state index contributed by atoms with van der Waals surface area (Å²) < 4.78 is 14.9. The van der Waals surface area contributed by atoms with E-state index in [1.54, 1.807) is 6.07 Å². The molecular formula is C12H7BrFN3O. The van der Waals surface area contributed by atoms with Gasteiger partial charge in [0, 0.05) is 6.20 Å². The minimum absolute atomic E-state index is 0.0384. The van der Waals surface area contributed by atoms with E-state index < -0.39 is 5.82 Å². The van der Waals surface area contributed by atoms with Crippen LogP contribution in [0.15, 0.2) is 40.0 Å². The summed E-state index contributed by atoms with van der Waals surface area (Å²) in [5.41, 5.74) is 0.395. The van der Waals surface area contributed by atoms with E-state index in [4.69, 9.17) is 5.26 Å². The molecule has 0 amide bonds. The molecule has 0 saturated carbocycles. The normalized spacial score (nSPS) is 10.1. The molecule has 1 aromatic carbocycles. The van der Waals surface area contributed by atoms with E-state index in [2.05, 4.69) is 20.9 Å². The van der Waals surface area contributed by atoms with Crippen molar-refractivity contribution in [3.8, 4) is 6.07 Å². The second-order valence-electron chi connectivity index (χ2n) is 3.60. The first-order valence-corrected chi connectivity index (χ1v) is 5.79. The summed E-state index contributed by atoms with van der Waals surface area (Å²) in [6, 6.07) is 5.92. The molecule has 0 N–H and O–H groups in total. The zero-order valence-electron chi connectivity index (χ0n) is 9.10. The molecule has 2 rings (SSSR count). The molecule has 0 aliphatic carbocycles. The van der Waals surface area contributed by atoms with Crippen LogP contribution in [-0.4, -0.2) is 9.55 Å². The lowest BCUT2D eigenvalue weighted by atomic mass is 10.1. The molecule has 0 aliphatic heterocycles. The van der Waals surface area contributed by atoms with E-state index in [0.717, 1.165) is 0 Å². The van der Waals surface area contributed by atoms with Crippen molar-refractivity contribution in [3.63, 3.8) is 0 Å². The molecule has 0 unspecified atom stereocenters. The Morgan fingerprint density at radius 3 is 3.00 bits per heavy atom. The van der Waals surface area contributed by atoms with Gasteiger partial charge in [-0.1, -0.05) is 6.07 Å². The fourth-order valence-electron chi connectivity index (χ4n) is 1.49. The summed E-state index contributed by atoms with van der Waals surface area (Å²) in [5.74, 6) is -0.569. The van der Waals surface area contributed by atoms with Gasteiger partial charge in [-0.2, -0.15) is 5.26 Å². The molecule has 0 saturated heterocycles. The van der Waals surface area contributed by atoms with Gasteiger partial charge in [0.05, 0.1) is 18.4 Å². The molecule has 90 valence electrons. The molecule has 1 aromatic heterocycles. The Labute approximate surface area is 110 Å². The Bertz CT molecular complexity index is 690. The fourth-order valence-corrected chi connectivity index (χ4v) is 1.84. The van der Waals surface area contributed by atoms with Crippen LogP contribution in [-0.2, 0) is 6.54 Å². The number of nitriles is 1. The number of hydrogen-bond donors (Lipinski definition) is 0. The summed E-state index contributed by atoms with van der Waals surface area (Å²) >= 11 is 3.09. The maximum Gasteiger partial charge on any atom is 0.267 e. The lowest BCUT2D eigenvalue weighted by molar-refractivity contribution is 0.621. The average molecular weight is 308 g/mol. The quantitative estimate of drug-likeness (QED) is 0.853. The van der Waals surface area contributed by atoms with Crippen molar-refractivity contribution >= 4 is 15.9 Å². The van der Waals surface area contributed by atoms with E-state index in [1.807, 2.05) is 0 Å². The number of rotatable bonds is 2. The highest BCUT2D eigenvalue weighted by Crippen LogP contribution is 2.10. The SMILES string of the molecule is N#Cc1cc(Cn2cncc(Br)c2=O)ccc1F. The fraction of sp³-hybridized carbons (Fsp3) is 0.0833. The van der Waals surface area contributed by atoms with Crippen molar-refractivity contribution in [3.05, 3.63) is 62.5 Å². The van der Waals surface area contributed by atoms with Crippen molar-refractivity contribution in [2.24, 2.45) is 0 Å². The maximum absolute atomic E-state index is 13.1. The van der Waals surface area contributed by atoms with Gasteiger partial charge in [-0.3, -0.25) is 9.36 Å². The molecule has 4 nitrogen and oxygen atoms in total. The predicted octanol–water partition coefficient (Wildman–Crippen LogP) is 2.06. The molecule has 18 heavy (non-hydrogen) atoms. The van der Waals surface area contributed by atoms with E-state index in [9.17, 15) is 9.18 Å². The predicted molar refractivity (Wildman–Crippen MR) is 66.4 cm³/mol. The molecule has 0 aliphatic rings. The van der Waals surface area contributed by atoms with E-state index in [-0.39, 0.29) is 17.7 Å². The highest BCUT2D eigenvalue weighted by Gasteiger charge is 2.05. The second kappa shape index (κ2) is 5.10. The third-order valence-electron chi connectivity index (χ3n) is 2.36. The van der Waals surface area contributed by atoms with Gasteiger partial charge in [-0.05, 0) is 33.6 Å². The maximum atomic E-state index is 13.1. The Hall–Kier alpha value is -2.00. The van der Waals surface area contributed by atoms with Gasteiger partial charge >= 0.3 is 0 Å². The molecule has 0 spiro atoms. The minimum atomic E-state index is -0.569. The smallest absolute Gasteiger partial charge is 0.267 e. The van der Waals surface area contributed by atoms with Crippen molar-refractivity contribution < 1.29 is 4.39 Å². The van der Waals surface area contributed by atoms with Crippen LogP contribution in [0.3, 0.4) is 0 Å². The van der Waals surface area contributed by atoms with Crippen LogP contribution in [0, 0.1) is 17.1 Å². The zero-order chi connectivity index (χ0) is 13.1. The van der Waals surface area contributed by atoms with Gasteiger partial charge in [0.25, 0.3) is 5.56 Å². The number of benzene rings is 1. The van der Waals surface area contributed by atoms with E-state index in [0.29, 0.717) is 10.0 Å². The van der Waals surface area contributed by atoms with Gasteiger partial charge in [0.2, 0.25) is 0 Å². The van der Waals surface area contributed by atoms with Crippen LogP contribution >= 0.6 is 15.9 Å². The first-order valence-electron chi connectivity index (χ1n) is 5.00. The van der Waals surface area contributed by atoms with Crippen LogP contribution in [0.1, 0.15) is 11.1 Å². The molecule has 0 atom stereocenters. The highest BCUT2D eigenvalue weighted by molar-refractivity contribution is 9.10. The molecule has 2 aromatic rings. The van der Waals surface area contributed by atoms with E-state index in [1.165, 1.54) is 35.3 Å². The van der Waals surface area contributed by atoms with Gasteiger partial charge in [-0.15, -0.1) is 0 Å². The summed E-state index contributed by atoms with van der Waals surface area (Å²) in [5, 5.41) is 8.73. The number of nitrogens with zero attached hydrogens (tertiary/aromatic N) is 3. The van der Waals surface area contributed by atoms with Crippen molar-refractivity contribution in [1.82, 2.24) is 9.55 Å². The standard InChI is InChI=1S/C12H7BrFN3O/c13-10-5-16-7-17(12(10)18)6-8-1-2-11(14)9(3-8)4-15/h1-3,5,7H,6H2. The summed E-state index contributed by atoms with van der Waals surface area (Å²) in [4.78, 5) is 15.6. The van der Waals surface area contributed by atoms with Crippen molar-refractivity contribution in [1.29, 1.82) is 5.26 Å². The first kappa shape index (κ1) is 12.5. The Kier molecular flexibility index (Phi) is 3.53. The van der Waals surface area contributed by atoms with Crippen LogP contribution in [0.5, 0.6) is 0 Å². The number of aromatic nitrogens is 2. The Balaban J connectivity index is 2.38. The molecule has 1 heterocycles. The van der Waals surface area contributed by atoms with Crippen molar-refractivity contribution in [2.75, 3.05) is 0 Å². The summed E-state index contributed by atoms with van der Waals surface area (Å²) in [7, 11) is 0. The zero-order valence-corrected chi connectivity index (χ0v) is 10.7. The number of hydrogen-bond acceptors (Lipinski definition) is 3. The highest BCUT2D eigenvalue weighted by atomic mass is 79.9. The lowest BCUT2D eigenvalue weighted by Gasteiger charge is -2.06. The Morgan fingerprint density at radius 1 is 1.50 bits per heavy atom. The minimum Gasteiger partial charge on any atom is -0.294 e. The van der Waals surface area contributed by atoms with Crippen LogP contribution < -0.4 is 5.56 Å². The summed E-state index contributed by atoms with van der Waals surface area (Å²) in [6.45, 7) is 0.236. The largest absolute Gasteiger partial charge is 0.294 e. The van der Waals surface area contributed by atoms with Crippen LogP contribution in [0.4, 0.5) is 4.39 Å². The topological polar surface area (TPSA) is 58.7 Å². The van der Waals surface area contributed by atoms with Crippen LogP contribution in [0.2, 0.25) is 0 Å². The summed E-state index contributed by atoms with van der Waals surface area (Å²) in [6.07, 6.45) is 2.80.